The van der Waals surface area contributed by atoms with Crippen LogP contribution in [0.2, 0.25) is 0 Å². The summed E-state index contributed by atoms with van der Waals surface area (Å²) >= 11 is 0. The molecule has 1 aliphatic heterocycles. The van der Waals surface area contributed by atoms with Gasteiger partial charge in [0.1, 0.15) is 0 Å². The molecule has 2 amide bonds. The minimum atomic E-state index is -0.342. The lowest BCUT2D eigenvalue weighted by Crippen LogP contribution is -2.42. The third-order valence-corrected chi connectivity index (χ3v) is 3.15. The number of amides is 2. The molecule has 5 nitrogen and oxygen atoms in total. The molecule has 0 radical (unpaired) electrons. The molecule has 5 heteroatoms. The number of hydrogen-bond donors (Lipinski definition) is 1. The number of carbonyl (C=O) groups excluding carboxylic acids is 2. The van der Waals surface area contributed by atoms with Gasteiger partial charge in [-0.2, -0.15) is 0 Å². The van der Waals surface area contributed by atoms with Crippen LogP contribution in [0, 0.1) is 0 Å². The lowest BCUT2D eigenvalue weighted by Gasteiger charge is -2.16. The smallest absolute Gasteiger partial charge is 0.247 e. The number of imide groups is 1. The highest BCUT2D eigenvalue weighted by Crippen LogP contribution is 2.31. The van der Waals surface area contributed by atoms with Gasteiger partial charge in [-0.15, -0.1) is 0 Å². The van der Waals surface area contributed by atoms with E-state index in [9.17, 15) is 9.59 Å². The number of likely N-dealkylation sites (tertiary alicyclic amines) is 1. The minimum Gasteiger partial charge on any atom is -0.380 e. The van der Waals surface area contributed by atoms with Crippen molar-refractivity contribution in [1.82, 2.24) is 10.2 Å². The summed E-state index contributed by atoms with van der Waals surface area (Å²) < 4.78 is 5.09. The van der Waals surface area contributed by atoms with Crippen molar-refractivity contribution in [3.05, 3.63) is 0 Å². The number of hydrogen-bond acceptors (Lipinski definition) is 4. The average molecular weight is 226 g/mol. The maximum atomic E-state index is 11.9. The van der Waals surface area contributed by atoms with Crippen LogP contribution >= 0.6 is 0 Å². The first kappa shape index (κ1) is 11.5. The first-order valence-corrected chi connectivity index (χ1v) is 5.75. The highest BCUT2D eigenvalue weighted by Gasteiger charge is 2.45. The van der Waals surface area contributed by atoms with Crippen molar-refractivity contribution in [2.45, 2.75) is 44.4 Å². The highest BCUT2D eigenvalue weighted by atomic mass is 16.5. The SMILES string of the molecule is COC(C)CNC1CC(=O)N(C2CC2)C1=O. The van der Waals surface area contributed by atoms with E-state index in [0.29, 0.717) is 13.0 Å². The van der Waals surface area contributed by atoms with E-state index in [-0.39, 0.29) is 30.0 Å². The normalized spacial score (nSPS) is 27.6. The standard InChI is InChI=1S/C11H18N2O3/c1-7(16-2)6-12-9-5-10(14)13(11(9)15)8-3-4-8/h7-9,12H,3-6H2,1-2H3. The third-order valence-electron chi connectivity index (χ3n) is 3.15. The van der Waals surface area contributed by atoms with Crippen LogP contribution < -0.4 is 5.32 Å². The summed E-state index contributed by atoms with van der Waals surface area (Å²) in [6.45, 7) is 2.52. The van der Waals surface area contributed by atoms with E-state index in [2.05, 4.69) is 5.32 Å². The summed E-state index contributed by atoms with van der Waals surface area (Å²) in [4.78, 5) is 25.0. The molecule has 1 saturated heterocycles. The van der Waals surface area contributed by atoms with Crippen molar-refractivity contribution >= 4 is 11.8 Å². The summed E-state index contributed by atoms with van der Waals surface area (Å²) in [7, 11) is 1.63. The molecule has 2 unspecified atom stereocenters. The second-order valence-electron chi connectivity index (χ2n) is 4.54. The van der Waals surface area contributed by atoms with Crippen molar-refractivity contribution in [1.29, 1.82) is 0 Å². The number of methoxy groups -OCH3 is 1. The van der Waals surface area contributed by atoms with Crippen LogP contribution in [0.4, 0.5) is 0 Å². The van der Waals surface area contributed by atoms with Crippen LogP contribution in [0.1, 0.15) is 26.2 Å². The fourth-order valence-electron chi connectivity index (χ4n) is 1.92. The molecule has 0 aromatic carbocycles. The molecule has 90 valence electrons. The van der Waals surface area contributed by atoms with Gasteiger partial charge in [0, 0.05) is 19.7 Å². The van der Waals surface area contributed by atoms with Crippen molar-refractivity contribution in [2.24, 2.45) is 0 Å². The van der Waals surface area contributed by atoms with Gasteiger partial charge >= 0.3 is 0 Å². The molecule has 1 N–H and O–H groups in total. The Balaban J connectivity index is 1.87. The third kappa shape index (κ3) is 2.25. The molecule has 1 saturated carbocycles. The lowest BCUT2D eigenvalue weighted by molar-refractivity contribution is -0.139. The molecule has 0 spiro atoms. The van der Waals surface area contributed by atoms with E-state index in [1.165, 1.54) is 4.90 Å². The van der Waals surface area contributed by atoms with Crippen LogP contribution in [-0.4, -0.2) is 48.6 Å². The molecule has 2 atom stereocenters. The second-order valence-corrected chi connectivity index (χ2v) is 4.54. The van der Waals surface area contributed by atoms with E-state index in [4.69, 9.17) is 4.74 Å². The summed E-state index contributed by atoms with van der Waals surface area (Å²) in [5, 5.41) is 3.09. The van der Waals surface area contributed by atoms with Crippen LogP contribution in [0.3, 0.4) is 0 Å². The molecular formula is C11H18N2O3. The van der Waals surface area contributed by atoms with Gasteiger partial charge < -0.3 is 10.1 Å². The zero-order valence-corrected chi connectivity index (χ0v) is 9.73. The van der Waals surface area contributed by atoms with Crippen LogP contribution in [0.15, 0.2) is 0 Å². The number of nitrogens with zero attached hydrogens (tertiary/aromatic N) is 1. The van der Waals surface area contributed by atoms with Crippen molar-refractivity contribution in [2.75, 3.05) is 13.7 Å². The zero-order chi connectivity index (χ0) is 11.7. The molecule has 1 aliphatic carbocycles. The predicted octanol–water partition coefficient (Wildman–Crippen LogP) is -0.0992. The van der Waals surface area contributed by atoms with Gasteiger partial charge in [-0.1, -0.05) is 0 Å². The Kier molecular flexibility index (Phi) is 3.25. The maximum Gasteiger partial charge on any atom is 0.247 e. The second kappa shape index (κ2) is 4.51. The maximum absolute atomic E-state index is 11.9. The Morgan fingerprint density at radius 3 is 2.75 bits per heavy atom. The van der Waals surface area contributed by atoms with Gasteiger partial charge in [0.2, 0.25) is 11.8 Å². The number of nitrogens with one attached hydrogen (secondary N) is 1. The first-order chi connectivity index (χ1) is 7.63. The van der Waals surface area contributed by atoms with Gasteiger partial charge in [0.15, 0.2) is 0 Å². The molecule has 2 rings (SSSR count). The van der Waals surface area contributed by atoms with Crippen LogP contribution in [-0.2, 0) is 14.3 Å². The Morgan fingerprint density at radius 1 is 1.50 bits per heavy atom. The number of ether oxygens (including phenoxy) is 1. The Morgan fingerprint density at radius 2 is 2.19 bits per heavy atom. The molecule has 0 aromatic heterocycles. The average Bonchev–Trinajstić information content (AvgIpc) is 3.04. The van der Waals surface area contributed by atoms with E-state index in [0.717, 1.165) is 12.8 Å². The molecule has 16 heavy (non-hydrogen) atoms. The zero-order valence-electron chi connectivity index (χ0n) is 9.73. The summed E-state index contributed by atoms with van der Waals surface area (Å²) in [5.74, 6) is -0.0918. The Labute approximate surface area is 95.1 Å². The van der Waals surface area contributed by atoms with Crippen molar-refractivity contribution in [3.63, 3.8) is 0 Å². The predicted molar refractivity (Wildman–Crippen MR) is 57.8 cm³/mol. The monoisotopic (exact) mass is 226 g/mol. The van der Waals surface area contributed by atoms with Gasteiger partial charge in [-0.05, 0) is 19.8 Å². The minimum absolute atomic E-state index is 0.0323. The van der Waals surface area contributed by atoms with Gasteiger partial charge in [-0.25, -0.2) is 0 Å². The first-order valence-electron chi connectivity index (χ1n) is 5.75. The van der Waals surface area contributed by atoms with Gasteiger partial charge in [0.05, 0.1) is 18.6 Å². The lowest BCUT2D eigenvalue weighted by atomic mass is 10.2. The van der Waals surface area contributed by atoms with Crippen molar-refractivity contribution < 1.29 is 14.3 Å². The molecular weight excluding hydrogens is 208 g/mol. The van der Waals surface area contributed by atoms with Gasteiger partial charge in [-0.3, -0.25) is 14.5 Å². The van der Waals surface area contributed by atoms with E-state index >= 15 is 0 Å². The summed E-state index contributed by atoms with van der Waals surface area (Å²) in [6, 6.07) is -0.155. The highest BCUT2D eigenvalue weighted by molar-refractivity contribution is 6.06. The number of carbonyl (C=O) groups is 2. The summed E-state index contributed by atoms with van der Waals surface area (Å²) in [6.07, 6.45) is 2.29. The Bertz CT molecular complexity index is 302. The van der Waals surface area contributed by atoms with Crippen molar-refractivity contribution in [3.8, 4) is 0 Å². The molecule has 2 fully saturated rings. The van der Waals surface area contributed by atoms with Gasteiger partial charge in [0.25, 0.3) is 0 Å². The Hall–Kier alpha value is -0.940. The van der Waals surface area contributed by atoms with E-state index in [1.807, 2.05) is 6.92 Å². The van der Waals surface area contributed by atoms with E-state index in [1.54, 1.807) is 7.11 Å². The number of rotatable bonds is 5. The van der Waals surface area contributed by atoms with E-state index < -0.39 is 0 Å². The molecule has 1 heterocycles. The molecule has 0 bridgehead atoms. The molecule has 2 aliphatic rings. The fraction of sp³-hybridized carbons (Fsp3) is 0.818. The fourth-order valence-corrected chi connectivity index (χ4v) is 1.92. The largest absolute Gasteiger partial charge is 0.380 e. The quantitative estimate of drug-likeness (QED) is 0.665. The van der Waals surface area contributed by atoms with Crippen LogP contribution in [0.5, 0.6) is 0 Å². The van der Waals surface area contributed by atoms with Crippen LogP contribution in [0.25, 0.3) is 0 Å². The molecule has 0 aromatic rings. The topological polar surface area (TPSA) is 58.6 Å². The summed E-state index contributed by atoms with van der Waals surface area (Å²) in [5.41, 5.74) is 0.